The third-order valence-corrected chi connectivity index (χ3v) is 5.86. The Balaban J connectivity index is 2.44. The predicted molar refractivity (Wildman–Crippen MR) is 76.0 cm³/mol. The van der Waals surface area contributed by atoms with Crippen molar-refractivity contribution in [3.05, 3.63) is 45.5 Å². The molecule has 0 unspecified atom stereocenters. The first-order chi connectivity index (χ1) is 9.35. The van der Waals surface area contributed by atoms with E-state index in [0.29, 0.717) is 9.90 Å². The Morgan fingerprint density at radius 1 is 1.45 bits per heavy atom. The Kier molecular flexibility index (Phi) is 3.99. The Bertz CT molecular complexity index is 790. The van der Waals surface area contributed by atoms with Crippen molar-refractivity contribution in [3.63, 3.8) is 0 Å². The summed E-state index contributed by atoms with van der Waals surface area (Å²) in [6.45, 7) is 1.68. The van der Waals surface area contributed by atoms with Crippen molar-refractivity contribution in [2.45, 2.75) is 11.1 Å². The van der Waals surface area contributed by atoms with Gasteiger partial charge in [0.15, 0.2) is 0 Å². The molecule has 104 valence electrons. The van der Waals surface area contributed by atoms with Gasteiger partial charge < -0.3 is 0 Å². The van der Waals surface area contributed by atoms with Crippen molar-refractivity contribution in [1.29, 1.82) is 5.26 Å². The lowest BCUT2D eigenvalue weighted by Crippen LogP contribution is -2.13. The largest absolute Gasteiger partial charge is 0.278 e. The Hall–Kier alpha value is -1.62. The predicted octanol–water partition coefficient (Wildman–Crippen LogP) is 3.52. The van der Waals surface area contributed by atoms with Crippen LogP contribution in [0, 0.1) is 24.1 Å². The number of anilines is 1. The summed E-state index contributed by atoms with van der Waals surface area (Å²) in [5, 5.41) is 8.87. The first-order valence-corrected chi connectivity index (χ1v) is 8.00. The van der Waals surface area contributed by atoms with E-state index in [-0.39, 0.29) is 15.5 Å². The van der Waals surface area contributed by atoms with Gasteiger partial charge in [0.25, 0.3) is 10.0 Å². The van der Waals surface area contributed by atoms with Crippen LogP contribution < -0.4 is 4.72 Å². The van der Waals surface area contributed by atoms with Crippen LogP contribution in [0.5, 0.6) is 0 Å². The van der Waals surface area contributed by atoms with Crippen LogP contribution in [0.4, 0.5) is 10.1 Å². The molecule has 8 heteroatoms. The molecule has 2 rings (SSSR count). The van der Waals surface area contributed by atoms with E-state index in [0.717, 1.165) is 17.4 Å². The average Bonchev–Trinajstić information content (AvgIpc) is 2.70. The standard InChI is InChI=1S/C12H8ClFN2O2S2/c1-7-5-11(19-12(7)13)20(17,18)16-10-4-2-3-9(14)8(10)6-15/h2-5,16H,1H3. The van der Waals surface area contributed by atoms with Crippen molar-refractivity contribution in [2.75, 3.05) is 4.72 Å². The van der Waals surface area contributed by atoms with E-state index in [1.807, 2.05) is 0 Å². The number of nitrogens with zero attached hydrogens (tertiary/aromatic N) is 1. The number of halogens is 2. The molecule has 4 nitrogen and oxygen atoms in total. The molecule has 0 fully saturated rings. The Labute approximate surface area is 124 Å². The van der Waals surface area contributed by atoms with Gasteiger partial charge in [-0.15, -0.1) is 11.3 Å². The fourth-order valence-electron chi connectivity index (χ4n) is 1.48. The zero-order chi connectivity index (χ0) is 14.9. The van der Waals surface area contributed by atoms with Crippen molar-refractivity contribution in [1.82, 2.24) is 0 Å². The minimum Gasteiger partial charge on any atom is -0.278 e. The summed E-state index contributed by atoms with van der Waals surface area (Å²) in [4.78, 5) is 0. The number of rotatable bonds is 3. The minimum absolute atomic E-state index is 0.00755. The second-order valence-electron chi connectivity index (χ2n) is 3.90. The van der Waals surface area contributed by atoms with Gasteiger partial charge in [-0.25, -0.2) is 12.8 Å². The van der Waals surface area contributed by atoms with Crippen LogP contribution in [0.2, 0.25) is 4.34 Å². The number of hydrogen-bond acceptors (Lipinski definition) is 4. The number of hydrogen-bond donors (Lipinski definition) is 1. The number of nitriles is 1. The van der Waals surface area contributed by atoms with E-state index < -0.39 is 15.8 Å². The van der Waals surface area contributed by atoms with Gasteiger partial charge in [-0.1, -0.05) is 17.7 Å². The maximum atomic E-state index is 13.4. The van der Waals surface area contributed by atoms with Gasteiger partial charge in [-0.05, 0) is 30.7 Å². The molecule has 0 atom stereocenters. The van der Waals surface area contributed by atoms with Crippen LogP contribution in [0.3, 0.4) is 0 Å². The maximum Gasteiger partial charge on any atom is 0.271 e. The summed E-state index contributed by atoms with van der Waals surface area (Å²) in [5.41, 5.74) is 0.182. The van der Waals surface area contributed by atoms with Crippen LogP contribution in [0.15, 0.2) is 28.5 Å². The van der Waals surface area contributed by atoms with Gasteiger partial charge in [-0.2, -0.15) is 5.26 Å². The fourth-order valence-corrected chi connectivity index (χ4v) is 4.26. The molecule has 20 heavy (non-hydrogen) atoms. The normalized spacial score (nSPS) is 11.1. The van der Waals surface area contributed by atoms with Crippen molar-refractivity contribution >= 4 is 38.6 Å². The lowest BCUT2D eigenvalue weighted by Gasteiger charge is -2.08. The Morgan fingerprint density at radius 3 is 2.70 bits per heavy atom. The molecule has 0 bridgehead atoms. The van der Waals surface area contributed by atoms with Gasteiger partial charge >= 0.3 is 0 Å². The average molecular weight is 331 g/mol. The molecule has 1 aromatic carbocycles. The molecular formula is C12H8ClFN2O2S2. The fraction of sp³-hybridized carbons (Fsp3) is 0.0833. The van der Waals surface area contributed by atoms with Crippen molar-refractivity contribution in [3.8, 4) is 6.07 Å². The van der Waals surface area contributed by atoms with E-state index >= 15 is 0 Å². The molecule has 1 N–H and O–H groups in total. The molecule has 0 amide bonds. The van der Waals surface area contributed by atoms with E-state index in [4.69, 9.17) is 16.9 Å². The van der Waals surface area contributed by atoms with Crippen LogP contribution in [0.25, 0.3) is 0 Å². The molecule has 0 aliphatic carbocycles. The van der Waals surface area contributed by atoms with Crippen LogP contribution in [-0.4, -0.2) is 8.42 Å². The lowest BCUT2D eigenvalue weighted by molar-refractivity contribution is 0.603. The highest BCUT2D eigenvalue weighted by Crippen LogP contribution is 2.31. The second-order valence-corrected chi connectivity index (χ2v) is 7.47. The highest BCUT2D eigenvalue weighted by molar-refractivity contribution is 7.94. The molecule has 1 heterocycles. The number of benzene rings is 1. The second kappa shape index (κ2) is 5.40. The van der Waals surface area contributed by atoms with Gasteiger partial charge in [0.1, 0.15) is 21.7 Å². The van der Waals surface area contributed by atoms with Gasteiger partial charge in [-0.3, -0.25) is 4.72 Å². The molecule has 0 spiro atoms. The van der Waals surface area contributed by atoms with E-state index in [1.165, 1.54) is 18.2 Å². The summed E-state index contributed by atoms with van der Waals surface area (Å²) in [7, 11) is -3.90. The molecule has 2 aromatic rings. The van der Waals surface area contributed by atoms with Gasteiger partial charge in [0, 0.05) is 0 Å². The minimum atomic E-state index is -3.90. The smallest absolute Gasteiger partial charge is 0.271 e. The summed E-state index contributed by atoms with van der Waals surface area (Å²) >= 11 is 6.73. The first kappa shape index (κ1) is 14.8. The molecular weight excluding hydrogens is 323 g/mol. The number of nitrogens with one attached hydrogen (secondary N) is 1. The van der Waals surface area contributed by atoms with Crippen LogP contribution in [0.1, 0.15) is 11.1 Å². The maximum absolute atomic E-state index is 13.4. The third-order valence-electron chi connectivity index (χ3n) is 2.47. The summed E-state index contributed by atoms with van der Waals surface area (Å²) in [5.74, 6) is -0.784. The number of thiophene rings is 1. The topological polar surface area (TPSA) is 70.0 Å². The lowest BCUT2D eigenvalue weighted by atomic mass is 10.2. The summed E-state index contributed by atoms with van der Waals surface area (Å²) in [6.07, 6.45) is 0. The molecule has 1 aromatic heterocycles. The number of sulfonamides is 1. The van der Waals surface area contributed by atoms with E-state index in [9.17, 15) is 12.8 Å². The summed E-state index contributed by atoms with van der Waals surface area (Å²) in [6, 6.07) is 6.77. The third kappa shape index (κ3) is 2.77. The Morgan fingerprint density at radius 2 is 2.15 bits per heavy atom. The molecule has 0 aliphatic rings. The highest BCUT2D eigenvalue weighted by atomic mass is 35.5. The number of aryl methyl sites for hydroxylation is 1. The zero-order valence-corrected chi connectivity index (χ0v) is 12.5. The van der Waals surface area contributed by atoms with E-state index in [1.54, 1.807) is 13.0 Å². The van der Waals surface area contributed by atoms with E-state index in [2.05, 4.69) is 4.72 Å². The molecule has 0 radical (unpaired) electrons. The van der Waals surface area contributed by atoms with Crippen molar-refractivity contribution in [2.24, 2.45) is 0 Å². The van der Waals surface area contributed by atoms with Crippen LogP contribution in [-0.2, 0) is 10.0 Å². The summed E-state index contributed by atoms with van der Waals surface area (Å²) < 4.78 is 40.3. The van der Waals surface area contributed by atoms with Crippen LogP contribution >= 0.6 is 22.9 Å². The molecule has 0 saturated heterocycles. The highest BCUT2D eigenvalue weighted by Gasteiger charge is 2.20. The zero-order valence-electron chi connectivity index (χ0n) is 10.1. The van der Waals surface area contributed by atoms with Gasteiger partial charge in [0.05, 0.1) is 10.0 Å². The SMILES string of the molecule is Cc1cc(S(=O)(=O)Nc2cccc(F)c2C#N)sc1Cl. The van der Waals surface area contributed by atoms with Crippen molar-refractivity contribution < 1.29 is 12.8 Å². The quantitative estimate of drug-likeness (QED) is 0.936. The molecule has 0 aliphatic heterocycles. The monoisotopic (exact) mass is 330 g/mol. The molecule has 0 saturated carbocycles. The first-order valence-electron chi connectivity index (χ1n) is 5.32. The van der Waals surface area contributed by atoms with Gasteiger partial charge in [0.2, 0.25) is 0 Å².